The van der Waals surface area contributed by atoms with E-state index in [0.717, 1.165) is 17.5 Å². The van der Waals surface area contributed by atoms with Crippen molar-refractivity contribution in [3.8, 4) is 0 Å². The highest BCUT2D eigenvalue weighted by atomic mass is 35.5. The fraction of sp³-hybridized carbons (Fsp3) is 0.136. The Morgan fingerprint density at radius 3 is 2.68 bits per heavy atom. The summed E-state index contributed by atoms with van der Waals surface area (Å²) >= 11 is 6.02. The highest BCUT2D eigenvalue weighted by molar-refractivity contribution is 6.30. The number of nitrogens with one attached hydrogen (secondary N) is 1. The molecule has 0 aliphatic rings. The minimum atomic E-state index is -0.261. The van der Waals surface area contributed by atoms with Crippen LogP contribution in [0, 0.1) is 0 Å². The van der Waals surface area contributed by atoms with Crippen LogP contribution in [-0.2, 0) is 11.2 Å². The summed E-state index contributed by atoms with van der Waals surface area (Å²) in [6, 6.07) is 14.9. The molecule has 0 unspecified atom stereocenters. The minimum absolute atomic E-state index is 0.261. The summed E-state index contributed by atoms with van der Waals surface area (Å²) in [5.74, 6) is 0.225. The van der Waals surface area contributed by atoms with Gasteiger partial charge in [-0.2, -0.15) is 0 Å². The molecule has 2 heterocycles. The van der Waals surface area contributed by atoms with Crippen molar-refractivity contribution in [2.24, 2.45) is 0 Å². The molecule has 0 bridgehead atoms. The van der Waals surface area contributed by atoms with Gasteiger partial charge in [0.15, 0.2) is 0 Å². The van der Waals surface area contributed by atoms with Gasteiger partial charge in [-0.25, -0.2) is 4.98 Å². The number of hydrogen-bond acceptors (Lipinski definition) is 4. The molecule has 0 radical (unpaired) electrons. The van der Waals surface area contributed by atoms with Crippen LogP contribution in [0.5, 0.6) is 0 Å². The second-order valence-electron chi connectivity index (χ2n) is 6.04. The Kier molecular flexibility index (Phi) is 6.76. The lowest BCUT2D eigenvalue weighted by Crippen LogP contribution is -2.13. The Hall–Kier alpha value is -3.18. The maximum absolute atomic E-state index is 12.4. The number of pyridine rings is 2. The topological polar surface area (TPSA) is 64.1 Å². The molecular weight excluding hydrogens is 374 g/mol. The Morgan fingerprint density at radius 1 is 1.11 bits per heavy atom. The van der Waals surface area contributed by atoms with E-state index in [1.54, 1.807) is 36.7 Å². The first-order valence-electron chi connectivity index (χ1n) is 8.89. The first-order valence-corrected chi connectivity index (χ1v) is 9.27. The van der Waals surface area contributed by atoms with Crippen molar-refractivity contribution < 1.29 is 9.53 Å². The van der Waals surface area contributed by atoms with E-state index in [4.69, 9.17) is 16.3 Å². The maximum Gasteiger partial charge on any atom is 0.258 e. The number of carbonyl (C=O) groups is 1. The number of carbonyl (C=O) groups excluding carboxylic acids is 1. The van der Waals surface area contributed by atoms with Crippen LogP contribution < -0.4 is 5.32 Å². The van der Waals surface area contributed by atoms with Crippen molar-refractivity contribution in [1.29, 1.82) is 0 Å². The fourth-order valence-electron chi connectivity index (χ4n) is 2.53. The molecule has 1 aromatic carbocycles. The largest absolute Gasteiger partial charge is 0.501 e. The number of nitrogens with zero attached hydrogens (tertiary/aromatic N) is 2. The van der Waals surface area contributed by atoms with Gasteiger partial charge in [0.25, 0.3) is 5.91 Å². The molecule has 0 atom stereocenters. The molecule has 0 aliphatic heterocycles. The van der Waals surface area contributed by atoms with E-state index in [2.05, 4.69) is 15.3 Å². The Labute approximate surface area is 169 Å². The number of aromatic nitrogens is 2. The van der Waals surface area contributed by atoms with Crippen LogP contribution in [0.4, 0.5) is 5.82 Å². The highest BCUT2D eigenvalue weighted by Crippen LogP contribution is 2.15. The molecule has 0 saturated heterocycles. The van der Waals surface area contributed by atoms with Crippen molar-refractivity contribution in [3.05, 3.63) is 94.6 Å². The van der Waals surface area contributed by atoms with E-state index in [9.17, 15) is 4.79 Å². The third kappa shape index (κ3) is 5.66. The zero-order valence-corrected chi connectivity index (χ0v) is 16.2. The lowest BCUT2D eigenvalue weighted by molar-refractivity contribution is 0.102. The first kappa shape index (κ1) is 19.6. The number of benzene rings is 1. The van der Waals surface area contributed by atoms with Crippen LogP contribution in [0.15, 0.2) is 67.2 Å². The molecule has 142 valence electrons. The number of halogens is 1. The standard InChI is InChI=1S/C22H20ClN3O2/c1-2-28-11-10-20-8-7-18(15-24-20)22(27)26-21-9-6-17(14-25-21)12-16-4-3-5-19(23)13-16/h3-11,13-15H,2,12H2,1H3,(H,25,26,27)/b11-10+. The van der Waals surface area contributed by atoms with Gasteiger partial charge in [-0.05, 0) is 60.9 Å². The van der Waals surface area contributed by atoms with E-state index in [-0.39, 0.29) is 5.91 Å². The number of anilines is 1. The lowest BCUT2D eigenvalue weighted by atomic mass is 10.1. The van der Waals surface area contributed by atoms with Gasteiger partial charge in [0.1, 0.15) is 5.82 Å². The van der Waals surface area contributed by atoms with Crippen LogP contribution in [0.3, 0.4) is 0 Å². The molecule has 3 aromatic rings. The summed E-state index contributed by atoms with van der Waals surface area (Å²) in [4.78, 5) is 20.9. The van der Waals surface area contributed by atoms with Crippen LogP contribution >= 0.6 is 11.6 Å². The average molecular weight is 394 g/mol. The van der Waals surface area contributed by atoms with E-state index < -0.39 is 0 Å². The van der Waals surface area contributed by atoms with Crippen LogP contribution in [-0.4, -0.2) is 22.5 Å². The number of ether oxygens (including phenoxy) is 1. The Bertz CT molecular complexity index is 954. The molecule has 3 rings (SSSR count). The molecule has 5 nitrogen and oxygen atoms in total. The number of hydrogen-bond donors (Lipinski definition) is 1. The van der Waals surface area contributed by atoms with E-state index >= 15 is 0 Å². The molecule has 0 fully saturated rings. The highest BCUT2D eigenvalue weighted by Gasteiger charge is 2.07. The van der Waals surface area contributed by atoms with Gasteiger partial charge >= 0.3 is 0 Å². The van der Waals surface area contributed by atoms with E-state index in [1.165, 1.54) is 6.20 Å². The molecule has 28 heavy (non-hydrogen) atoms. The average Bonchev–Trinajstić information content (AvgIpc) is 2.70. The van der Waals surface area contributed by atoms with E-state index in [1.807, 2.05) is 37.3 Å². The summed E-state index contributed by atoms with van der Waals surface area (Å²) in [7, 11) is 0. The van der Waals surface area contributed by atoms with Crippen LogP contribution in [0.25, 0.3) is 6.08 Å². The summed E-state index contributed by atoms with van der Waals surface area (Å²) in [5.41, 5.74) is 3.31. The molecule has 1 amide bonds. The minimum Gasteiger partial charge on any atom is -0.501 e. The fourth-order valence-corrected chi connectivity index (χ4v) is 2.74. The van der Waals surface area contributed by atoms with Crippen molar-refractivity contribution >= 4 is 29.4 Å². The van der Waals surface area contributed by atoms with Gasteiger partial charge in [0, 0.05) is 17.4 Å². The number of rotatable bonds is 7. The summed E-state index contributed by atoms with van der Waals surface area (Å²) in [6.45, 7) is 2.50. The van der Waals surface area contributed by atoms with Crippen molar-refractivity contribution in [1.82, 2.24) is 9.97 Å². The monoisotopic (exact) mass is 393 g/mol. The molecule has 0 saturated carbocycles. The normalized spacial score (nSPS) is 10.8. The third-order valence-corrected chi connectivity index (χ3v) is 4.15. The third-order valence-electron chi connectivity index (χ3n) is 3.91. The van der Waals surface area contributed by atoms with Crippen LogP contribution in [0.1, 0.15) is 34.1 Å². The first-order chi connectivity index (χ1) is 13.6. The summed E-state index contributed by atoms with van der Waals surface area (Å²) in [6.07, 6.45) is 7.32. The number of amides is 1. The predicted octanol–water partition coefficient (Wildman–Crippen LogP) is 4.98. The molecule has 6 heteroatoms. The molecule has 0 aliphatic carbocycles. The smallest absolute Gasteiger partial charge is 0.258 e. The maximum atomic E-state index is 12.4. The van der Waals surface area contributed by atoms with Gasteiger partial charge < -0.3 is 10.1 Å². The predicted molar refractivity (Wildman–Crippen MR) is 111 cm³/mol. The molecule has 2 aromatic heterocycles. The summed E-state index contributed by atoms with van der Waals surface area (Å²) in [5, 5.41) is 3.49. The second-order valence-corrected chi connectivity index (χ2v) is 6.48. The molecular formula is C22H20ClN3O2. The van der Waals surface area contributed by atoms with E-state index in [0.29, 0.717) is 28.7 Å². The SMILES string of the molecule is CCO/C=C/c1ccc(C(=O)Nc2ccc(Cc3cccc(Cl)c3)cn2)cn1. The molecule has 0 spiro atoms. The Morgan fingerprint density at radius 2 is 2.00 bits per heavy atom. The zero-order chi connectivity index (χ0) is 19.8. The van der Waals surface area contributed by atoms with Gasteiger partial charge in [-0.3, -0.25) is 9.78 Å². The second kappa shape index (κ2) is 9.67. The van der Waals surface area contributed by atoms with Gasteiger partial charge in [0.2, 0.25) is 0 Å². The Balaban J connectivity index is 1.59. The van der Waals surface area contributed by atoms with Gasteiger partial charge in [-0.15, -0.1) is 0 Å². The van der Waals surface area contributed by atoms with Crippen LogP contribution in [0.2, 0.25) is 5.02 Å². The lowest BCUT2D eigenvalue weighted by Gasteiger charge is -2.06. The van der Waals surface area contributed by atoms with Crippen molar-refractivity contribution in [3.63, 3.8) is 0 Å². The van der Waals surface area contributed by atoms with Crippen molar-refractivity contribution in [2.75, 3.05) is 11.9 Å². The van der Waals surface area contributed by atoms with Gasteiger partial charge in [0.05, 0.1) is 24.1 Å². The zero-order valence-electron chi connectivity index (χ0n) is 15.4. The quantitative estimate of drug-likeness (QED) is 0.575. The molecule has 1 N–H and O–H groups in total. The van der Waals surface area contributed by atoms with Gasteiger partial charge in [-0.1, -0.05) is 29.8 Å². The summed E-state index contributed by atoms with van der Waals surface area (Å²) < 4.78 is 5.13. The van der Waals surface area contributed by atoms with Crippen molar-refractivity contribution in [2.45, 2.75) is 13.3 Å².